The summed E-state index contributed by atoms with van der Waals surface area (Å²) in [6.07, 6.45) is 0. The molecule has 0 spiro atoms. The van der Waals surface area contributed by atoms with E-state index >= 15 is 0 Å². The molecule has 0 atom stereocenters. The van der Waals surface area contributed by atoms with Gasteiger partial charge in [-0.25, -0.2) is 4.79 Å². The normalized spacial score (nSPS) is 10.2. The molecular weight excluding hydrogens is 277 g/mol. The van der Waals surface area contributed by atoms with E-state index in [0.717, 1.165) is 12.1 Å². The smallest absolute Gasteiger partial charge is 0.343 e. The lowest BCUT2D eigenvalue weighted by molar-refractivity contribution is -0.142. The van der Waals surface area contributed by atoms with Crippen molar-refractivity contribution in [1.82, 2.24) is 5.32 Å². The van der Waals surface area contributed by atoms with Crippen LogP contribution in [0.2, 0.25) is 10.0 Å². The summed E-state index contributed by atoms with van der Waals surface area (Å²) in [5.74, 6) is -0.0113. The van der Waals surface area contributed by atoms with Gasteiger partial charge in [-0.3, -0.25) is 0 Å². The minimum atomic E-state index is -0.463. The first-order chi connectivity index (χ1) is 8.58. The monoisotopic (exact) mass is 291 g/mol. The van der Waals surface area contributed by atoms with Gasteiger partial charge in [-0.05, 0) is 18.7 Å². The van der Waals surface area contributed by atoms with Crippen LogP contribution in [-0.4, -0.2) is 26.2 Å². The lowest BCUT2D eigenvalue weighted by Gasteiger charge is -2.13. The van der Waals surface area contributed by atoms with Crippen molar-refractivity contribution in [3.8, 4) is 5.75 Å². The van der Waals surface area contributed by atoms with Gasteiger partial charge >= 0.3 is 5.97 Å². The van der Waals surface area contributed by atoms with E-state index in [1.807, 2.05) is 6.92 Å². The highest BCUT2D eigenvalue weighted by atomic mass is 35.5. The summed E-state index contributed by atoms with van der Waals surface area (Å²) in [5, 5.41) is 4.05. The van der Waals surface area contributed by atoms with Crippen LogP contribution in [0.1, 0.15) is 12.5 Å². The molecule has 0 heterocycles. The van der Waals surface area contributed by atoms with Gasteiger partial charge in [0.15, 0.2) is 6.61 Å². The third kappa shape index (κ3) is 4.37. The first kappa shape index (κ1) is 15.1. The van der Waals surface area contributed by atoms with Gasteiger partial charge in [-0.15, -0.1) is 0 Å². The number of carbonyl (C=O) groups excluding carboxylic acids is 1. The van der Waals surface area contributed by atoms with Gasteiger partial charge in [0, 0.05) is 17.1 Å². The summed E-state index contributed by atoms with van der Waals surface area (Å²) < 4.78 is 9.88. The molecule has 0 unspecified atom stereocenters. The minimum Gasteiger partial charge on any atom is -0.480 e. The summed E-state index contributed by atoms with van der Waals surface area (Å²) in [5.41, 5.74) is 0.804. The van der Waals surface area contributed by atoms with Gasteiger partial charge in [0.25, 0.3) is 0 Å². The van der Waals surface area contributed by atoms with Crippen molar-refractivity contribution in [2.24, 2.45) is 0 Å². The molecule has 0 fully saturated rings. The number of rotatable bonds is 6. The van der Waals surface area contributed by atoms with Crippen molar-refractivity contribution < 1.29 is 14.3 Å². The van der Waals surface area contributed by atoms with Crippen LogP contribution in [0, 0.1) is 0 Å². The molecule has 18 heavy (non-hydrogen) atoms. The highest BCUT2D eigenvalue weighted by Crippen LogP contribution is 2.32. The van der Waals surface area contributed by atoms with Gasteiger partial charge in [-0.2, -0.15) is 0 Å². The second-order valence-corrected chi connectivity index (χ2v) is 4.36. The first-order valence-electron chi connectivity index (χ1n) is 5.46. The number of benzene rings is 1. The number of hydrogen-bond donors (Lipinski definition) is 1. The van der Waals surface area contributed by atoms with E-state index < -0.39 is 5.97 Å². The highest BCUT2D eigenvalue weighted by molar-refractivity contribution is 6.35. The van der Waals surface area contributed by atoms with E-state index in [2.05, 4.69) is 10.1 Å². The second-order valence-electron chi connectivity index (χ2n) is 3.52. The number of carbonyl (C=O) groups is 1. The van der Waals surface area contributed by atoms with E-state index in [1.54, 1.807) is 12.1 Å². The second kappa shape index (κ2) is 7.46. The van der Waals surface area contributed by atoms with Crippen molar-refractivity contribution in [2.45, 2.75) is 13.5 Å². The van der Waals surface area contributed by atoms with Gasteiger partial charge < -0.3 is 14.8 Å². The summed E-state index contributed by atoms with van der Waals surface area (Å²) >= 11 is 12.0. The average molecular weight is 292 g/mol. The number of ether oxygens (including phenoxy) is 2. The molecule has 0 aliphatic carbocycles. The van der Waals surface area contributed by atoms with Crippen LogP contribution in [0.3, 0.4) is 0 Å². The number of methoxy groups -OCH3 is 1. The van der Waals surface area contributed by atoms with E-state index in [4.69, 9.17) is 27.9 Å². The Labute approximate surface area is 116 Å². The number of halogens is 2. The van der Waals surface area contributed by atoms with Crippen molar-refractivity contribution in [2.75, 3.05) is 20.3 Å². The predicted molar refractivity (Wildman–Crippen MR) is 71.4 cm³/mol. The lowest BCUT2D eigenvalue weighted by atomic mass is 10.2. The molecule has 0 aliphatic rings. The van der Waals surface area contributed by atoms with Crippen LogP contribution in [0.5, 0.6) is 5.75 Å². The molecule has 0 aromatic heterocycles. The standard InChI is InChI=1S/C12H15Cl2NO3/c1-3-15-6-8-4-9(13)5-10(14)12(8)18-7-11(16)17-2/h4-5,15H,3,6-7H2,1-2H3. The molecule has 1 aromatic carbocycles. The number of esters is 1. The summed E-state index contributed by atoms with van der Waals surface area (Å²) in [6.45, 7) is 3.17. The van der Waals surface area contributed by atoms with Crippen molar-refractivity contribution in [1.29, 1.82) is 0 Å². The van der Waals surface area contributed by atoms with Crippen LogP contribution in [0.15, 0.2) is 12.1 Å². The Morgan fingerprint density at radius 3 is 2.72 bits per heavy atom. The Morgan fingerprint density at radius 2 is 2.11 bits per heavy atom. The molecular formula is C12H15Cl2NO3. The third-order valence-corrected chi connectivity index (χ3v) is 2.71. The average Bonchev–Trinajstić information content (AvgIpc) is 2.34. The summed E-state index contributed by atoms with van der Waals surface area (Å²) in [4.78, 5) is 11.1. The minimum absolute atomic E-state index is 0.184. The van der Waals surface area contributed by atoms with Crippen molar-refractivity contribution >= 4 is 29.2 Å². The first-order valence-corrected chi connectivity index (χ1v) is 6.22. The summed E-state index contributed by atoms with van der Waals surface area (Å²) in [7, 11) is 1.30. The molecule has 4 nitrogen and oxygen atoms in total. The fraction of sp³-hybridized carbons (Fsp3) is 0.417. The zero-order valence-corrected chi connectivity index (χ0v) is 11.8. The molecule has 1 aromatic rings. The zero-order valence-electron chi connectivity index (χ0n) is 10.3. The SMILES string of the molecule is CCNCc1cc(Cl)cc(Cl)c1OCC(=O)OC. The molecule has 0 saturated heterocycles. The predicted octanol–water partition coefficient (Wildman–Crippen LogP) is 2.65. The van der Waals surface area contributed by atoms with Gasteiger partial charge in [-0.1, -0.05) is 30.1 Å². The van der Waals surface area contributed by atoms with E-state index in [1.165, 1.54) is 7.11 Å². The quantitative estimate of drug-likeness (QED) is 0.819. The maximum Gasteiger partial charge on any atom is 0.343 e. The van der Waals surface area contributed by atoms with Crippen LogP contribution in [0.4, 0.5) is 0 Å². The Kier molecular flexibility index (Phi) is 6.25. The summed E-state index contributed by atoms with van der Waals surface area (Å²) in [6, 6.07) is 3.33. The highest BCUT2D eigenvalue weighted by Gasteiger charge is 2.12. The maximum atomic E-state index is 11.1. The Morgan fingerprint density at radius 1 is 1.39 bits per heavy atom. The molecule has 0 radical (unpaired) electrons. The van der Waals surface area contributed by atoms with Crippen molar-refractivity contribution in [3.63, 3.8) is 0 Å². The fourth-order valence-electron chi connectivity index (χ4n) is 1.36. The molecule has 0 bridgehead atoms. The molecule has 6 heteroatoms. The van der Waals surface area contributed by atoms with E-state index in [0.29, 0.717) is 22.3 Å². The molecule has 0 saturated carbocycles. The molecule has 1 rings (SSSR count). The topological polar surface area (TPSA) is 47.6 Å². The molecule has 0 amide bonds. The maximum absolute atomic E-state index is 11.1. The molecule has 0 aliphatic heterocycles. The van der Waals surface area contributed by atoms with E-state index in [9.17, 15) is 4.79 Å². The van der Waals surface area contributed by atoms with Crippen molar-refractivity contribution in [3.05, 3.63) is 27.7 Å². The number of hydrogen-bond acceptors (Lipinski definition) is 4. The molecule has 100 valence electrons. The zero-order chi connectivity index (χ0) is 13.5. The van der Waals surface area contributed by atoms with E-state index in [-0.39, 0.29) is 6.61 Å². The lowest BCUT2D eigenvalue weighted by Crippen LogP contribution is -2.16. The van der Waals surface area contributed by atoms with Gasteiger partial charge in [0.2, 0.25) is 0 Å². The van der Waals surface area contributed by atoms with Gasteiger partial charge in [0.05, 0.1) is 12.1 Å². The largest absolute Gasteiger partial charge is 0.480 e. The Bertz CT molecular complexity index is 424. The van der Waals surface area contributed by atoms with Crippen LogP contribution in [0.25, 0.3) is 0 Å². The fourth-order valence-corrected chi connectivity index (χ4v) is 1.95. The molecule has 1 N–H and O–H groups in total. The Balaban J connectivity index is 2.88. The van der Waals surface area contributed by atoms with Gasteiger partial charge in [0.1, 0.15) is 5.75 Å². The van der Waals surface area contributed by atoms with Crippen LogP contribution < -0.4 is 10.1 Å². The third-order valence-electron chi connectivity index (χ3n) is 2.21. The van der Waals surface area contributed by atoms with Crippen LogP contribution in [-0.2, 0) is 16.1 Å². The Hall–Kier alpha value is -0.970. The van der Waals surface area contributed by atoms with Crippen LogP contribution >= 0.6 is 23.2 Å². The number of nitrogens with one attached hydrogen (secondary N) is 1.